The molecule has 4 nitrogen and oxygen atoms in total. The van der Waals surface area contributed by atoms with E-state index < -0.39 is 0 Å². The van der Waals surface area contributed by atoms with Gasteiger partial charge in [0.1, 0.15) is 12.1 Å². The summed E-state index contributed by atoms with van der Waals surface area (Å²) in [5, 5.41) is 2.78. The van der Waals surface area contributed by atoms with Crippen LogP contribution in [0.5, 0.6) is 0 Å². The molecule has 0 aromatic carbocycles. The number of carbonyl (C=O) groups is 2. The van der Waals surface area contributed by atoms with Crippen molar-refractivity contribution >= 4 is 23.6 Å². The van der Waals surface area contributed by atoms with Crippen LogP contribution in [0.3, 0.4) is 0 Å². The average Bonchev–Trinajstić information content (AvgIpc) is 2.32. The van der Waals surface area contributed by atoms with E-state index in [2.05, 4.69) is 12.2 Å². The standard InChI is InChI=1S/C12H22N2O2S/c1-5-9(7-17-4)14-8(3)11(15)13-10(6-2)12(14)16/h8-10H,5-7H2,1-4H3,(H,13,15). The summed E-state index contributed by atoms with van der Waals surface area (Å²) in [6.45, 7) is 5.79. The Morgan fingerprint density at radius 1 is 1.41 bits per heavy atom. The molecule has 0 aromatic rings. The molecule has 0 saturated carbocycles. The lowest BCUT2D eigenvalue weighted by atomic mass is 10.0. The zero-order valence-electron chi connectivity index (χ0n) is 11.0. The monoisotopic (exact) mass is 258 g/mol. The van der Waals surface area contributed by atoms with Gasteiger partial charge in [-0.25, -0.2) is 0 Å². The smallest absolute Gasteiger partial charge is 0.246 e. The number of thioether (sulfide) groups is 1. The maximum absolute atomic E-state index is 12.3. The number of piperazine rings is 1. The van der Waals surface area contributed by atoms with Crippen molar-refractivity contribution in [1.82, 2.24) is 10.2 Å². The van der Waals surface area contributed by atoms with Gasteiger partial charge in [0, 0.05) is 11.8 Å². The SMILES string of the molecule is CCC1NC(=O)C(C)N(C(CC)CSC)C1=O. The maximum atomic E-state index is 12.3. The molecule has 1 fully saturated rings. The first-order valence-electron chi connectivity index (χ1n) is 6.18. The van der Waals surface area contributed by atoms with Gasteiger partial charge in [0.2, 0.25) is 11.8 Å². The highest BCUT2D eigenvalue weighted by atomic mass is 32.2. The van der Waals surface area contributed by atoms with E-state index in [1.165, 1.54) is 0 Å². The fraction of sp³-hybridized carbons (Fsp3) is 0.833. The van der Waals surface area contributed by atoms with Crippen LogP contribution < -0.4 is 5.32 Å². The third-order valence-corrected chi connectivity index (χ3v) is 4.02. The van der Waals surface area contributed by atoms with Crippen LogP contribution in [0.4, 0.5) is 0 Å². The Balaban J connectivity index is 2.91. The molecular weight excluding hydrogens is 236 g/mol. The fourth-order valence-corrected chi connectivity index (χ4v) is 2.99. The quantitative estimate of drug-likeness (QED) is 0.807. The van der Waals surface area contributed by atoms with Gasteiger partial charge >= 0.3 is 0 Å². The summed E-state index contributed by atoms with van der Waals surface area (Å²) in [6.07, 6.45) is 3.57. The van der Waals surface area contributed by atoms with Crippen molar-refractivity contribution in [3.63, 3.8) is 0 Å². The molecule has 1 aliphatic heterocycles. The molecule has 0 radical (unpaired) electrons. The average molecular weight is 258 g/mol. The van der Waals surface area contributed by atoms with Crippen LogP contribution in [0, 0.1) is 0 Å². The van der Waals surface area contributed by atoms with Crippen molar-refractivity contribution in [3.05, 3.63) is 0 Å². The first kappa shape index (κ1) is 14.4. The Morgan fingerprint density at radius 2 is 2.06 bits per heavy atom. The first-order chi connectivity index (χ1) is 8.06. The predicted molar refractivity (Wildman–Crippen MR) is 71.0 cm³/mol. The van der Waals surface area contributed by atoms with Crippen molar-refractivity contribution in [1.29, 1.82) is 0 Å². The molecule has 0 aromatic heterocycles. The molecule has 3 unspecified atom stereocenters. The lowest BCUT2D eigenvalue weighted by molar-refractivity contribution is -0.151. The second-order valence-electron chi connectivity index (χ2n) is 4.41. The van der Waals surface area contributed by atoms with Gasteiger partial charge in [-0.1, -0.05) is 13.8 Å². The molecule has 1 heterocycles. The molecule has 2 amide bonds. The molecule has 1 saturated heterocycles. The third-order valence-electron chi connectivity index (χ3n) is 3.30. The normalized spacial score (nSPS) is 26.9. The molecule has 0 bridgehead atoms. The van der Waals surface area contributed by atoms with Crippen LogP contribution in [0.2, 0.25) is 0 Å². The van der Waals surface area contributed by atoms with E-state index in [9.17, 15) is 9.59 Å². The maximum Gasteiger partial charge on any atom is 0.246 e. The van der Waals surface area contributed by atoms with Crippen molar-refractivity contribution in [3.8, 4) is 0 Å². The number of rotatable bonds is 5. The van der Waals surface area contributed by atoms with Gasteiger partial charge in [-0.3, -0.25) is 9.59 Å². The second-order valence-corrected chi connectivity index (χ2v) is 5.32. The van der Waals surface area contributed by atoms with Crippen molar-refractivity contribution < 1.29 is 9.59 Å². The molecule has 1 aliphatic rings. The summed E-state index contributed by atoms with van der Waals surface area (Å²) in [4.78, 5) is 25.9. The largest absolute Gasteiger partial charge is 0.343 e. The minimum absolute atomic E-state index is 0.0315. The number of hydrogen-bond acceptors (Lipinski definition) is 3. The van der Waals surface area contributed by atoms with Crippen LogP contribution in [-0.4, -0.2) is 46.8 Å². The van der Waals surface area contributed by atoms with Crippen LogP contribution in [0.1, 0.15) is 33.6 Å². The van der Waals surface area contributed by atoms with Crippen LogP contribution >= 0.6 is 11.8 Å². The zero-order chi connectivity index (χ0) is 13.0. The first-order valence-corrected chi connectivity index (χ1v) is 7.57. The van der Waals surface area contributed by atoms with E-state index in [1.807, 2.05) is 20.1 Å². The van der Waals surface area contributed by atoms with Crippen molar-refractivity contribution in [2.75, 3.05) is 12.0 Å². The minimum Gasteiger partial charge on any atom is -0.343 e. The highest BCUT2D eigenvalue weighted by Gasteiger charge is 2.39. The van der Waals surface area contributed by atoms with E-state index >= 15 is 0 Å². The molecule has 98 valence electrons. The summed E-state index contributed by atoms with van der Waals surface area (Å²) in [7, 11) is 0. The predicted octanol–water partition coefficient (Wildman–Crippen LogP) is 1.25. The van der Waals surface area contributed by atoms with Gasteiger partial charge in [-0.05, 0) is 26.0 Å². The number of amides is 2. The molecule has 3 atom stereocenters. The highest BCUT2D eigenvalue weighted by Crippen LogP contribution is 2.19. The molecule has 1 N–H and O–H groups in total. The molecule has 1 rings (SSSR count). The van der Waals surface area contributed by atoms with Gasteiger partial charge in [0.25, 0.3) is 0 Å². The van der Waals surface area contributed by atoms with Crippen LogP contribution in [0.25, 0.3) is 0 Å². The Hall–Kier alpha value is -0.710. The Labute approximate surface area is 108 Å². The van der Waals surface area contributed by atoms with Gasteiger partial charge < -0.3 is 10.2 Å². The van der Waals surface area contributed by atoms with Gasteiger partial charge in [0.05, 0.1) is 0 Å². The molecule has 0 spiro atoms. The molecule has 17 heavy (non-hydrogen) atoms. The molecular formula is C12H22N2O2S. The van der Waals surface area contributed by atoms with E-state index in [4.69, 9.17) is 0 Å². The van der Waals surface area contributed by atoms with Gasteiger partial charge in [0.15, 0.2) is 0 Å². The van der Waals surface area contributed by atoms with E-state index in [0.29, 0.717) is 6.42 Å². The topological polar surface area (TPSA) is 49.4 Å². The van der Waals surface area contributed by atoms with Gasteiger partial charge in [-0.2, -0.15) is 11.8 Å². The van der Waals surface area contributed by atoms with Crippen LogP contribution in [-0.2, 0) is 9.59 Å². The summed E-state index contributed by atoms with van der Waals surface area (Å²) in [5.41, 5.74) is 0. The summed E-state index contributed by atoms with van der Waals surface area (Å²) >= 11 is 1.72. The lowest BCUT2D eigenvalue weighted by Crippen LogP contribution is -2.65. The van der Waals surface area contributed by atoms with E-state index in [1.54, 1.807) is 16.7 Å². The summed E-state index contributed by atoms with van der Waals surface area (Å²) in [5.74, 6) is 0.924. The number of carbonyl (C=O) groups excluding carboxylic acids is 2. The lowest BCUT2D eigenvalue weighted by Gasteiger charge is -2.41. The summed E-state index contributed by atoms with van der Waals surface area (Å²) < 4.78 is 0. The number of nitrogens with zero attached hydrogens (tertiary/aromatic N) is 1. The second kappa shape index (κ2) is 6.28. The Bertz CT molecular complexity index is 296. The fourth-order valence-electron chi connectivity index (χ4n) is 2.21. The molecule has 5 heteroatoms. The highest BCUT2D eigenvalue weighted by molar-refractivity contribution is 7.98. The zero-order valence-corrected chi connectivity index (χ0v) is 11.8. The number of hydrogen-bond donors (Lipinski definition) is 1. The Morgan fingerprint density at radius 3 is 2.53 bits per heavy atom. The van der Waals surface area contributed by atoms with Crippen molar-refractivity contribution in [2.45, 2.75) is 51.7 Å². The third kappa shape index (κ3) is 2.94. The van der Waals surface area contributed by atoms with Crippen molar-refractivity contribution in [2.24, 2.45) is 0 Å². The van der Waals surface area contributed by atoms with E-state index in [-0.39, 0.29) is 29.9 Å². The van der Waals surface area contributed by atoms with Crippen LogP contribution in [0.15, 0.2) is 0 Å². The van der Waals surface area contributed by atoms with Gasteiger partial charge in [-0.15, -0.1) is 0 Å². The number of nitrogens with one attached hydrogen (secondary N) is 1. The molecule has 0 aliphatic carbocycles. The Kier molecular flexibility index (Phi) is 5.31. The summed E-state index contributed by atoms with van der Waals surface area (Å²) in [6, 6.07) is -0.524. The van der Waals surface area contributed by atoms with E-state index in [0.717, 1.165) is 12.2 Å². The minimum atomic E-state index is -0.345.